The third kappa shape index (κ3) is 5.38. The zero-order valence-corrected chi connectivity index (χ0v) is 22.0. The molecule has 1 N–H and O–H groups in total. The molecule has 1 aromatic heterocycles. The highest BCUT2D eigenvalue weighted by Crippen LogP contribution is 2.42. The summed E-state index contributed by atoms with van der Waals surface area (Å²) in [6.45, 7) is 16.6. The molecule has 1 aromatic rings. The molecule has 1 amide bonds. The van der Waals surface area contributed by atoms with Crippen molar-refractivity contribution in [1.29, 1.82) is 0 Å². The number of alkyl halides is 2. The number of amides is 1. The van der Waals surface area contributed by atoms with Crippen LogP contribution in [0, 0.1) is 0 Å². The predicted octanol–water partition coefficient (Wildman–Crippen LogP) is 2.98. The van der Waals surface area contributed by atoms with Crippen molar-refractivity contribution in [2.75, 3.05) is 50.8 Å². The molecule has 0 aliphatic carbocycles. The molecule has 3 aliphatic heterocycles. The second-order valence-electron chi connectivity index (χ2n) is 11.3. The van der Waals surface area contributed by atoms with Crippen molar-refractivity contribution < 1.29 is 18.3 Å². The number of carbonyl (C=O) groups is 1. The highest BCUT2D eigenvalue weighted by molar-refractivity contribution is 5.97. The zero-order valence-electron chi connectivity index (χ0n) is 22.0. The molecular formula is C26H41F2N5O2. The number of anilines is 1. The van der Waals surface area contributed by atoms with E-state index in [0.29, 0.717) is 24.3 Å². The van der Waals surface area contributed by atoms with E-state index in [1.54, 1.807) is 11.1 Å². The normalized spacial score (nSPS) is 29.9. The number of hydrogen-bond donors (Lipinski definition) is 1. The predicted molar refractivity (Wildman–Crippen MR) is 133 cm³/mol. The Hall–Kier alpha value is -1.68. The fourth-order valence-corrected chi connectivity index (χ4v) is 5.66. The van der Waals surface area contributed by atoms with Crippen LogP contribution in [0.5, 0.6) is 0 Å². The molecule has 0 unspecified atom stereocenters. The number of morpholine rings is 1. The van der Waals surface area contributed by atoms with Crippen molar-refractivity contribution in [1.82, 2.24) is 20.1 Å². The van der Waals surface area contributed by atoms with Crippen LogP contribution in [0.25, 0.3) is 0 Å². The van der Waals surface area contributed by atoms with Crippen LogP contribution in [-0.2, 0) is 20.9 Å². The maximum Gasteiger partial charge on any atom is 0.289 e. The van der Waals surface area contributed by atoms with Gasteiger partial charge in [-0.25, -0.2) is 0 Å². The van der Waals surface area contributed by atoms with Crippen LogP contribution in [0.3, 0.4) is 0 Å². The van der Waals surface area contributed by atoms with E-state index >= 15 is 0 Å². The highest BCUT2D eigenvalue weighted by atomic mass is 19.3. The molecule has 4 heterocycles. The average molecular weight is 494 g/mol. The van der Waals surface area contributed by atoms with Crippen LogP contribution < -0.4 is 10.2 Å². The van der Waals surface area contributed by atoms with Crippen LogP contribution in [0.4, 0.5) is 14.5 Å². The lowest BCUT2D eigenvalue weighted by Gasteiger charge is -2.46. The van der Waals surface area contributed by atoms with E-state index in [1.807, 2.05) is 13.8 Å². The van der Waals surface area contributed by atoms with Gasteiger partial charge in [0.05, 0.1) is 25.4 Å². The third-order valence-corrected chi connectivity index (χ3v) is 7.91. The van der Waals surface area contributed by atoms with E-state index in [1.165, 1.54) is 13.0 Å². The first kappa shape index (κ1) is 26.4. The first-order valence-corrected chi connectivity index (χ1v) is 12.9. The van der Waals surface area contributed by atoms with Gasteiger partial charge < -0.3 is 15.0 Å². The molecule has 0 spiro atoms. The molecular weight excluding hydrogens is 452 g/mol. The summed E-state index contributed by atoms with van der Waals surface area (Å²) < 4.78 is 34.6. The van der Waals surface area contributed by atoms with Gasteiger partial charge in [-0.05, 0) is 26.8 Å². The zero-order chi connectivity index (χ0) is 25.5. The summed E-state index contributed by atoms with van der Waals surface area (Å²) in [5, 5.41) is 3.57. The minimum absolute atomic E-state index is 0.0454. The maximum absolute atomic E-state index is 14.4. The van der Waals surface area contributed by atoms with Gasteiger partial charge in [0.15, 0.2) is 0 Å². The third-order valence-electron chi connectivity index (χ3n) is 7.91. The Morgan fingerprint density at radius 3 is 2.60 bits per heavy atom. The van der Waals surface area contributed by atoms with Crippen LogP contribution in [0.1, 0.15) is 59.2 Å². The standard InChI is InChI=1S/C26H41F2N5O2/c1-7-26(27,28)23-8-22-21(10-30-23)25(5,6)16-33(22)24(34)13-31-11-17(2)29-9-20(31)12-32-18(3)14-35-15-19(32)4/h8,10,17-20,29H,7,9,11-16H2,1-6H3/t17-,18-,19-,20-/m1/s1. The highest BCUT2D eigenvalue weighted by Gasteiger charge is 2.42. The van der Waals surface area contributed by atoms with E-state index < -0.39 is 5.92 Å². The van der Waals surface area contributed by atoms with Gasteiger partial charge in [0, 0.05) is 73.9 Å². The van der Waals surface area contributed by atoms with Crippen molar-refractivity contribution in [3.05, 3.63) is 23.5 Å². The van der Waals surface area contributed by atoms with Crippen LogP contribution in [-0.4, -0.2) is 90.8 Å². The summed E-state index contributed by atoms with van der Waals surface area (Å²) in [5.41, 5.74) is 0.821. The number of nitrogens with zero attached hydrogens (tertiary/aromatic N) is 4. The number of fused-ring (bicyclic) bond motifs is 1. The Kier molecular flexibility index (Phi) is 7.53. The summed E-state index contributed by atoms with van der Waals surface area (Å²) in [6, 6.07) is 2.55. The Balaban J connectivity index is 1.54. The smallest absolute Gasteiger partial charge is 0.289 e. The molecule has 7 nitrogen and oxygen atoms in total. The van der Waals surface area contributed by atoms with Gasteiger partial charge in [-0.1, -0.05) is 20.8 Å². The van der Waals surface area contributed by atoms with Crippen molar-refractivity contribution in [3.63, 3.8) is 0 Å². The number of carbonyl (C=O) groups excluding carboxylic acids is 1. The summed E-state index contributed by atoms with van der Waals surface area (Å²) in [4.78, 5) is 24.2. The van der Waals surface area contributed by atoms with Gasteiger partial charge in [0.1, 0.15) is 5.69 Å². The van der Waals surface area contributed by atoms with Crippen molar-refractivity contribution in [2.24, 2.45) is 0 Å². The fourth-order valence-electron chi connectivity index (χ4n) is 5.66. The number of hydrogen-bond acceptors (Lipinski definition) is 6. The molecule has 4 atom stereocenters. The monoisotopic (exact) mass is 493 g/mol. The second kappa shape index (κ2) is 10.00. The number of pyridine rings is 1. The molecule has 0 aromatic carbocycles. The number of rotatable bonds is 6. The van der Waals surface area contributed by atoms with Gasteiger partial charge in [0.2, 0.25) is 5.91 Å². The van der Waals surface area contributed by atoms with Crippen LogP contribution in [0.2, 0.25) is 0 Å². The molecule has 0 saturated carbocycles. The van der Waals surface area contributed by atoms with Gasteiger partial charge in [-0.3, -0.25) is 19.6 Å². The fraction of sp³-hybridized carbons (Fsp3) is 0.769. The van der Waals surface area contributed by atoms with Gasteiger partial charge in [-0.2, -0.15) is 8.78 Å². The number of halogens is 2. The van der Waals surface area contributed by atoms with Gasteiger partial charge >= 0.3 is 0 Å². The van der Waals surface area contributed by atoms with E-state index in [9.17, 15) is 13.6 Å². The lowest BCUT2D eigenvalue weighted by Crippen LogP contribution is -2.63. The molecule has 35 heavy (non-hydrogen) atoms. The maximum atomic E-state index is 14.4. The van der Waals surface area contributed by atoms with E-state index in [-0.39, 0.29) is 42.1 Å². The number of aromatic nitrogens is 1. The Morgan fingerprint density at radius 2 is 1.94 bits per heavy atom. The first-order valence-electron chi connectivity index (χ1n) is 12.9. The number of piperazine rings is 1. The summed E-state index contributed by atoms with van der Waals surface area (Å²) >= 11 is 0. The molecule has 0 radical (unpaired) electrons. The minimum atomic E-state index is -3.01. The van der Waals surface area contributed by atoms with E-state index in [4.69, 9.17) is 4.74 Å². The Bertz CT molecular complexity index is 917. The van der Waals surface area contributed by atoms with Crippen molar-refractivity contribution in [2.45, 2.75) is 83.5 Å². The molecule has 196 valence electrons. The second-order valence-corrected chi connectivity index (χ2v) is 11.3. The quantitative estimate of drug-likeness (QED) is 0.658. The molecule has 0 bridgehead atoms. The lowest BCUT2D eigenvalue weighted by atomic mass is 9.88. The molecule has 2 fully saturated rings. The lowest BCUT2D eigenvalue weighted by molar-refractivity contribution is -0.121. The topological polar surface area (TPSA) is 60.9 Å². The van der Waals surface area contributed by atoms with Gasteiger partial charge in [-0.15, -0.1) is 0 Å². The van der Waals surface area contributed by atoms with Crippen molar-refractivity contribution >= 4 is 11.6 Å². The van der Waals surface area contributed by atoms with Gasteiger partial charge in [0.25, 0.3) is 5.92 Å². The number of ether oxygens (including phenoxy) is 1. The molecule has 4 rings (SSSR count). The van der Waals surface area contributed by atoms with Crippen LogP contribution in [0.15, 0.2) is 12.3 Å². The Morgan fingerprint density at radius 1 is 1.26 bits per heavy atom. The van der Waals surface area contributed by atoms with Crippen molar-refractivity contribution in [3.8, 4) is 0 Å². The summed E-state index contributed by atoms with van der Waals surface area (Å²) in [5.74, 6) is -3.06. The summed E-state index contributed by atoms with van der Waals surface area (Å²) in [6.07, 6.45) is 1.22. The minimum Gasteiger partial charge on any atom is -0.378 e. The van der Waals surface area contributed by atoms with Crippen LogP contribution >= 0.6 is 0 Å². The molecule has 2 saturated heterocycles. The van der Waals surface area contributed by atoms with E-state index in [2.05, 4.69) is 40.9 Å². The molecule has 3 aliphatic rings. The average Bonchev–Trinajstić information content (AvgIpc) is 3.08. The number of nitrogens with one attached hydrogen (secondary N) is 1. The first-order chi connectivity index (χ1) is 16.4. The SMILES string of the molecule is CCC(F)(F)c1cc2c(cn1)C(C)(C)CN2C(=O)CN1C[C@@H](C)NC[C@@H]1CN1[C@H](C)COC[C@H]1C. The summed E-state index contributed by atoms with van der Waals surface area (Å²) in [7, 11) is 0. The molecule has 9 heteroatoms. The largest absolute Gasteiger partial charge is 0.378 e. The van der Waals surface area contributed by atoms with E-state index in [0.717, 1.165) is 38.4 Å². The Labute approximate surface area is 208 Å².